The normalized spacial score (nSPS) is 10.0. The highest BCUT2D eigenvalue weighted by Crippen LogP contribution is 1.82. The molecule has 1 aromatic rings. The van der Waals surface area contributed by atoms with Gasteiger partial charge in [0.15, 0.2) is 0 Å². The minimum atomic E-state index is 0.935. The zero-order chi connectivity index (χ0) is 8.65. The first-order valence-electron chi connectivity index (χ1n) is 4.22. The molecule has 0 bridgehead atoms. The summed E-state index contributed by atoms with van der Waals surface area (Å²) in [5.41, 5.74) is 0. The molecule has 0 radical (unpaired) electrons. The van der Waals surface area contributed by atoms with Crippen molar-refractivity contribution in [3.8, 4) is 0 Å². The third-order valence-corrected chi connectivity index (χ3v) is 1.60. The minimum Gasteiger partial charge on any atom is -0.315 e. The molecular formula is C9H15N3. The highest BCUT2D eigenvalue weighted by molar-refractivity contribution is 4.77. The van der Waals surface area contributed by atoms with E-state index in [1.54, 1.807) is 6.20 Å². The fraction of sp³-hybridized carbons (Fsp3) is 0.444. The molecule has 0 unspecified atom stereocenters. The summed E-state index contributed by atoms with van der Waals surface area (Å²) in [5.74, 6) is 0. The van der Waals surface area contributed by atoms with Crippen molar-refractivity contribution >= 4 is 0 Å². The lowest BCUT2D eigenvalue weighted by molar-refractivity contribution is 0.558. The molecule has 1 heterocycles. The molecule has 0 aliphatic carbocycles. The van der Waals surface area contributed by atoms with Crippen LogP contribution in [0.1, 0.15) is 6.42 Å². The molecule has 0 amide bonds. The standard InChI is InChI=1S/C9H15N3/c1-2-3-5-10-7-9-12-8-4-6-11-12/h2,4,6,8,10H,1,3,5,7,9H2. The van der Waals surface area contributed by atoms with Gasteiger partial charge in [-0.25, -0.2) is 0 Å². The minimum absolute atomic E-state index is 0.935. The van der Waals surface area contributed by atoms with Gasteiger partial charge in [-0.15, -0.1) is 6.58 Å². The van der Waals surface area contributed by atoms with Gasteiger partial charge in [0.1, 0.15) is 0 Å². The van der Waals surface area contributed by atoms with E-state index in [9.17, 15) is 0 Å². The number of aromatic nitrogens is 2. The van der Waals surface area contributed by atoms with E-state index >= 15 is 0 Å². The highest BCUT2D eigenvalue weighted by Gasteiger charge is 1.88. The van der Waals surface area contributed by atoms with Gasteiger partial charge in [-0.05, 0) is 19.0 Å². The van der Waals surface area contributed by atoms with Crippen molar-refractivity contribution < 1.29 is 0 Å². The molecule has 0 aromatic carbocycles. The monoisotopic (exact) mass is 165 g/mol. The maximum Gasteiger partial charge on any atom is 0.0533 e. The lowest BCUT2D eigenvalue weighted by Crippen LogP contribution is -2.20. The van der Waals surface area contributed by atoms with E-state index < -0.39 is 0 Å². The lowest BCUT2D eigenvalue weighted by Gasteiger charge is -2.02. The quantitative estimate of drug-likeness (QED) is 0.504. The van der Waals surface area contributed by atoms with E-state index in [1.165, 1.54) is 0 Å². The van der Waals surface area contributed by atoms with Crippen molar-refractivity contribution in [1.82, 2.24) is 15.1 Å². The van der Waals surface area contributed by atoms with Gasteiger partial charge in [-0.2, -0.15) is 5.10 Å². The van der Waals surface area contributed by atoms with Crippen LogP contribution in [-0.4, -0.2) is 22.9 Å². The van der Waals surface area contributed by atoms with Gasteiger partial charge in [0.2, 0.25) is 0 Å². The van der Waals surface area contributed by atoms with Gasteiger partial charge >= 0.3 is 0 Å². The van der Waals surface area contributed by atoms with Crippen LogP contribution in [0, 0.1) is 0 Å². The topological polar surface area (TPSA) is 29.9 Å². The molecule has 0 atom stereocenters. The van der Waals surface area contributed by atoms with Gasteiger partial charge in [0.25, 0.3) is 0 Å². The van der Waals surface area contributed by atoms with E-state index in [-0.39, 0.29) is 0 Å². The first kappa shape index (κ1) is 9.00. The molecule has 1 aromatic heterocycles. The van der Waals surface area contributed by atoms with Crippen LogP contribution in [0.3, 0.4) is 0 Å². The van der Waals surface area contributed by atoms with Crippen molar-refractivity contribution in [2.45, 2.75) is 13.0 Å². The SMILES string of the molecule is C=CCCNCCn1cccn1. The van der Waals surface area contributed by atoms with E-state index in [2.05, 4.69) is 17.0 Å². The van der Waals surface area contributed by atoms with Crippen molar-refractivity contribution in [3.63, 3.8) is 0 Å². The summed E-state index contributed by atoms with van der Waals surface area (Å²) in [6.45, 7) is 6.56. The summed E-state index contributed by atoms with van der Waals surface area (Å²) in [6.07, 6.45) is 6.71. The molecule has 0 spiro atoms. The van der Waals surface area contributed by atoms with E-state index in [0.29, 0.717) is 0 Å². The predicted molar refractivity (Wildman–Crippen MR) is 49.9 cm³/mol. The number of hydrogen-bond acceptors (Lipinski definition) is 2. The molecular weight excluding hydrogens is 150 g/mol. The van der Waals surface area contributed by atoms with Crippen LogP contribution >= 0.6 is 0 Å². The molecule has 0 fully saturated rings. The average molecular weight is 165 g/mol. The number of nitrogens with zero attached hydrogens (tertiary/aromatic N) is 2. The van der Waals surface area contributed by atoms with Gasteiger partial charge in [-0.3, -0.25) is 4.68 Å². The Morgan fingerprint density at radius 3 is 3.08 bits per heavy atom. The summed E-state index contributed by atoms with van der Waals surface area (Å²) < 4.78 is 1.92. The number of nitrogens with one attached hydrogen (secondary N) is 1. The Balaban J connectivity index is 2.00. The summed E-state index contributed by atoms with van der Waals surface area (Å²) >= 11 is 0. The van der Waals surface area contributed by atoms with Crippen LogP contribution in [0.5, 0.6) is 0 Å². The summed E-state index contributed by atoms with van der Waals surface area (Å²) in [7, 11) is 0. The maximum absolute atomic E-state index is 4.09. The van der Waals surface area contributed by atoms with E-state index in [1.807, 2.05) is 23.0 Å². The molecule has 3 heteroatoms. The van der Waals surface area contributed by atoms with Crippen molar-refractivity contribution in [2.75, 3.05) is 13.1 Å². The molecule has 0 aliphatic rings. The Bertz CT molecular complexity index is 204. The molecule has 12 heavy (non-hydrogen) atoms. The molecule has 0 aliphatic heterocycles. The maximum atomic E-state index is 4.09. The smallest absolute Gasteiger partial charge is 0.0533 e. The van der Waals surface area contributed by atoms with Gasteiger partial charge in [-0.1, -0.05) is 6.08 Å². The summed E-state index contributed by atoms with van der Waals surface area (Å²) in [6, 6.07) is 1.93. The van der Waals surface area contributed by atoms with Crippen molar-refractivity contribution in [2.24, 2.45) is 0 Å². The average Bonchev–Trinajstić information content (AvgIpc) is 2.57. The number of rotatable bonds is 6. The second kappa shape index (κ2) is 5.55. The first-order valence-corrected chi connectivity index (χ1v) is 4.22. The zero-order valence-corrected chi connectivity index (χ0v) is 7.24. The Morgan fingerprint density at radius 1 is 1.50 bits per heavy atom. The Hall–Kier alpha value is -1.09. The van der Waals surface area contributed by atoms with E-state index in [4.69, 9.17) is 0 Å². The molecule has 0 saturated carbocycles. The summed E-state index contributed by atoms with van der Waals surface area (Å²) in [4.78, 5) is 0. The van der Waals surface area contributed by atoms with Crippen LogP contribution in [0.2, 0.25) is 0 Å². The Kier molecular flexibility index (Phi) is 4.16. The molecule has 66 valence electrons. The fourth-order valence-corrected chi connectivity index (χ4v) is 0.955. The van der Waals surface area contributed by atoms with Gasteiger partial charge in [0.05, 0.1) is 6.54 Å². The first-order chi connectivity index (χ1) is 5.93. The fourth-order valence-electron chi connectivity index (χ4n) is 0.955. The zero-order valence-electron chi connectivity index (χ0n) is 7.24. The van der Waals surface area contributed by atoms with Crippen LogP contribution in [0.15, 0.2) is 31.1 Å². The van der Waals surface area contributed by atoms with Crippen LogP contribution in [-0.2, 0) is 6.54 Å². The molecule has 0 saturated heterocycles. The second-order valence-corrected chi connectivity index (χ2v) is 2.60. The van der Waals surface area contributed by atoms with Crippen molar-refractivity contribution in [1.29, 1.82) is 0 Å². The third-order valence-electron chi connectivity index (χ3n) is 1.60. The largest absolute Gasteiger partial charge is 0.315 e. The van der Waals surface area contributed by atoms with E-state index in [0.717, 1.165) is 26.1 Å². The Morgan fingerprint density at radius 2 is 2.42 bits per heavy atom. The second-order valence-electron chi connectivity index (χ2n) is 2.60. The van der Waals surface area contributed by atoms with Gasteiger partial charge in [0, 0.05) is 18.9 Å². The highest BCUT2D eigenvalue weighted by atomic mass is 15.3. The van der Waals surface area contributed by atoms with Crippen LogP contribution < -0.4 is 5.32 Å². The molecule has 3 nitrogen and oxygen atoms in total. The Labute approximate surface area is 73.1 Å². The van der Waals surface area contributed by atoms with Crippen molar-refractivity contribution in [3.05, 3.63) is 31.1 Å². The molecule has 1 rings (SSSR count). The van der Waals surface area contributed by atoms with Crippen LogP contribution in [0.4, 0.5) is 0 Å². The summed E-state index contributed by atoms with van der Waals surface area (Å²) in [5, 5.41) is 7.38. The van der Waals surface area contributed by atoms with Gasteiger partial charge < -0.3 is 5.32 Å². The number of hydrogen-bond donors (Lipinski definition) is 1. The van der Waals surface area contributed by atoms with Crippen LogP contribution in [0.25, 0.3) is 0 Å². The third kappa shape index (κ3) is 3.34. The molecule has 1 N–H and O–H groups in total. The lowest BCUT2D eigenvalue weighted by atomic mass is 10.4. The predicted octanol–water partition coefficient (Wildman–Crippen LogP) is 1.05.